The van der Waals surface area contributed by atoms with Gasteiger partial charge in [-0.25, -0.2) is 8.42 Å². The molecule has 2 atom stereocenters. The van der Waals surface area contributed by atoms with Gasteiger partial charge >= 0.3 is 0 Å². The molecule has 23 heavy (non-hydrogen) atoms. The quantitative estimate of drug-likeness (QED) is 0.817. The molecule has 0 aromatic heterocycles. The Morgan fingerprint density at radius 3 is 2.57 bits per heavy atom. The van der Waals surface area contributed by atoms with Crippen LogP contribution >= 0.6 is 11.8 Å². The van der Waals surface area contributed by atoms with Crippen LogP contribution in [-0.2, 0) is 14.6 Å². The minimum atomic E-state index is -2.88. The van der Waals surface area contributed by atoms with Crippen molar-refractivity contribution in [2.45, 2.75) is 38.0 Å². The molecule has 1 aliphatic rings. The summed E-state index contributed by atoms with van der Waals surface area (Å²) in [6.45, 7) is 4.28. The van der Waals surface area contributed by atoms with Gasteiger partial charge in [0.1, 0.15) is 0 Å². The monoisotopic (exact) mass is 355 g/mol. The molecule has 1 N–H and O–H groups in total. The van der Waals surface area contributed by atoms with Crippen LogP contribution in [0.2, 0.25) is 0 Å². The third-order valence-corrected chi connectivity index (χ3v) is 7.17. The highest BCUT2D eigenvalue weighted by Gasteiger charge is 2.28. The van der Waals surface area contributed by atoms with E-state index in [4.69, 9.17) is 0 Å². The fraction of sp³-hybridized carbons (Fsp3) is 0.588. The second-order valence-electron chi connectivity index (χ2n) is 6.50. The van der Waals surface area contributed by atoms with Crippen molar-refractivity contribution in [3.63, 3.8) is 0 Å². The van der Waals surface area contributed by atoms with Gasteiger partial charge in [0, 0.05) is 5.25 Å². The Morgan fingerprint density at radius 2 is 2.00 bits per heavy atom. The SMILES string of the molecule is CC(C)CC(NC(=O)CSC1CCS(=O)(=O)C1)c1ccccc1. The van der Waals surface area contributed by atoms with Crippen LogP contribution in [0, 0.1) is 5.92 Å². The molecule has 1 amide bonds. The summed E-state index contributed by atoms with van der Waals surface area (Å²) in [5.74, 6) is 1.24. The summed E-state index contributed by atoms with van der Waals surface area (Å²) >= 11 is 1.46. The number of thioether (sulfide) groups is 1. The highest BCUT2D eigenvalue weighted by molar-refractivity contribution is 8.02. The van der Waals surface area contributed by atoms with Crippen LogP contribution in [0.1, 0.15) is 38.3 Å². The Hall–Kier alpha value is -1.01. The highest BCUT2D eigenvalue weighted by Crippen LogP contribution is 2.25. The van der Waals surface area contributed by atoms with Crippen LogP contribution in [0.4, 0.5) is 0 Å². The van der Waals surface area contributed by atoms with E-state index in [0.717, 1.165) is 12.0 Å². The van der Waals surface area contributed by atoms with E-state index in [0.29, 0.717) is 18.1 Å². The number of rotatable bonds is 7. The summed E-state index contributed by atoms with van der Waals surface area (Å²) in [6.07, 6.45) is 1.55. The maximum absolute atomic E-state index is 12.2. The number of nitrogens with one attached hydrogen (secondary N) is 1. The molecule has 0 aliphatic carbocycles. The lowest BCUT2D eigenvalue weighted by Gasteiger charge is -2.21. The summed E-state index contributed by atoms with van der Waals surface area (Å²) in [6, 6.07) is 10.00. The van der Waals surface area contributed by atoms with Gasteiger partial charge in [-0.15, -0.1) is 11.8 Å². The third-order valence-electron chi connectivity index (χ3n) is 3.89. The molecule has 2 unspecified atom stereocenters. The molecule has 1 aliphatic heterocycles. The molecule has 0 saturated carbocycles. The predicted octanol–water partition coefficient (Wildman–Crippen LogP) is 2.81. The van der Waals surface area contributed by atoms with E-state index in [9.17, 15) is 13.2 Å². The van der Waals surface area contributed by atoms with Crippen molar-refractivity contribution in [3.8, 4) is 0 Å². The van der Waals surface area contributed by atoms with Gasteiger partial charge in [-0.2, -0.15) is 0 Å². The average Bonchev–Trinajstić information content (AvgIpc) is 2.84. The smallest absolute Gasteiger partial charge is 0.230 e. The molecule has 1 saturated heterocycles. The van der Waals surface area contributed by atoms with Crippen molar-refractivity contribution in [3.05, 3.63) is 35.9 Å². The lowest BCUT2D eigenvalue weighted by Crippen LogP contribution is -2.31. The van der Waals surface area contributed by atoms with Crippen LogP contribution in [0.5, 0.6) is 0 Å². The number of hydrogen-bond donors (Lipinski definition) is 1. The fourth-order valence-electron chi connectivity index (χ4n) is 2.76. The molecule has 1 aromatic carbocycles. The number of amides is 1. The van der Waals surface area contributed by atoms with Gasteiger partial charge in [0.25, 0.3) is 0 Å². The fourth-order valence-corrected chi connectivity index (χ4v) is 6.21. The van der Waals surface area contributed by atoms with Crippen molar-refractivity contribution < 1.29 is 13.2 Å². The van der Waals surface area contributed by atoms with Crippen molar-refractivity contribution >= 4 is 27.5 Å². The normalized spacial score (nSPS) is 21.3. The van der Waals surface area contributed by atoms with Crippen LogP contribution in [0.3, 0.4) is 0 Å². The molecule has 128 valence electrons. The molecule has 0 bridgehead atoms. The standard InChI is InChI=1S/C17H25NO3S2/c1-13(2)10-16(14-6-4-3-5-7-14)18-17(19)11-22-15-8-9-23(20,21)12-15/h3-7,13,15-16H,8-12H2,1-2H3,(H,18,19). The van der Waals surface area contributed by atoms with E-state index in [1.165, 1.54) is 11.8 Å². The van der Waals surface area contributed by atoms with Gasteiger partial charge < -0.3 is 5.32 Å². The van der Waals surface area contributed by atoms with Crippen LogP contribution in [0.15, 0.2) is 30.3 Å². The summed E-state index contributed by atoms with van der Waals surface area (Å²) in [5, 5.41) is 3.16. The number of hydrogen-bond acceptors (Lipinski definition) is 4. The highest BCUT2D eigenvalue weighted by atomic mass is 32.2. The van der Waals surface area contributed by atoms with E-state index in [2.05, 4.69) is 19.2 Å². The Morgan fingerprint density at radius 1 is 1.30 bits per heavy atom. The molecule has 0 spiro atoms. The van der Waals surface area contributed by atoms with Gasteiger partial charge in [-0.05, 0) is 24.3 Å². The van der Waals surface area contributed by atoms with Crippen molar-refractivity contribution in [1.82, 2.24) is 5.32 Å². The van der Waals surface area contributed by atoms with Crippen molar-refractivity contribution in [1.29, 1.82) is 0 Å². The van der Waals surface area contributed by atoms with Gasteiger partial charge in [-0.1, -0.05) is 44.2 Å². The minimum absolute atomic E-state index is 0.0108. The molecule has 1 heterocycles. The van der Waals surface area contributed by atoms with E-state index in [-0.39, 0.29) is 28.7 Å². The van der Waals surface area contributed by atoms with Gasteiger partial charge in [0.05, 0.1) is 23.3 Å². The first kappa shape index (κ1) is 18.3. The molecule has 4 nitrogen and oxygen atoms in total. The molecule has 2 rings (SSSR count). The van der Waals surface area contributed by atoms with E-state index < -0.39 is 9.84 Å². The first-order valence-electron chi connectivity index (χ1n) is 8.02. The average molecular weight is 356 g/mol. The maximum atomic E-state index is 12.2. The largest absolute Gasteiger partial charge is 0.349 e. The van der Waals surface area contributed by atoms with Gasteiger partial charge in [0.15, 0.2) is 9.84 Å². The zero-order valence-corrected chi connectivity index (χ0v) is 15.3. The van der Waals surface area contributed by atoms with Gasteiger partial charge in [-0.3, -0.25) is 4.79 Å². The Labute approximate surface area is 143 Å². The minimum Gasteiger partial charge on any atom is -0.349 e. The molecular weight excluding hydrogens is 330 g/mol. The summed E-state index contributed by atoms with van der Waals surface area (Å²) in [7, 11) is -2.88. The second-order valence-corrected chi connectivity index (χ2v) is 10.0. The number of carbonyl (C=O) groups is 1. The first-order valence-corrected chi connectivity index (χ1v) is 10.9. The van der Waals surface area contributed by atoms with Crippen molar-refractivity contribution in [2.75, 3.05) is 17.3 Å². The Kier molecular flexibility index (Phi) is 6.53. The van der Waals surface area contributed by atoms with E-state index >= 15 is 0 Å². The summed E-state index contributed by atoms with van der Waals surface area (Å²) in [4.78, 5) is 12.2. The third kappa shape index (κ3) is 6.18. The van der Waals surface area contributed by atoms with E-state index in [1.54, 1.807) is 0 Å². The summed E-state index contributed by atoms with van der Waals surface area (Å²) < 4.78 is 22.9. The molecule has 0 radical (unpaired) electrons. The topological polar surface area (TPSA) is 63.2 Å². The van der Waals surface area contributed by atoms with E-state index in [1.807, 2.05) is 30.3 Å². The maximum Gasteiger partial charge on any atom is 0.230 e. The number of carbonyl (C=O) groups excluding carboxylic acids is 1. The number of benzene rings is 1. The van der Waals surface area contributed by atoms with Crippen molar-refractivity contribution in [2.24, 2.45) is 5.92 Å². The zero-order valence-electron chi connectivity index (χ0n) is 13.7. The zero-order chi connectivity index (χ0) is 16.9. The lowest BCUT2D eigenvalue weighted by atomic mass is 9.97. The molecule has 6 heteroatoms. The lowest BCUT2D eigenvalue weighted by molar-refractivity contribution is -0.119. The summed E-state index contributed by atoms with van der Waals surface area (Å²) in [5.41, 5.74) is 1.11. The second kappa shape index (κ2) is 8.20. The van der Waals surface area contributed by atoms with Crippen LogP contribution in [0.25, 0.3) is 0 Å². The number of sulfone groups is 1. The van der Waals surface area contributed by atoms with Crippen LogP contribution < -0.4 is 5.32 Å². The molecule has 1 aromatic rings. The van der Waals surface area contributed by atoms with Crippen LogP contribution in [-0.4, -0.2) is 36.8 Å². The molecular formula is C17H25NO3S2. The first-order chi connectivity index (χ1) is 10.9. The molecule has 1 fully saturated rings. The Bertz CT molecular complexity index is 614. The Balaban J connectivity index is 1.88. The predicted molar refractivity (Wildman–Crippen MR) is 96.3 cm³/mol. The van der Waals surface area contributed by atoms with Gasteiger partial charge in [0.2, 0.25) is 5.91 Å².